The topological polar surface area (TPSA) is 82.5 Å². The van der Waals surface area contributed by atoms with E-state index in [4.69, 9.17) is 5.73 Å². The van der Waals surface area contributed by atoms with Crippen molar-refractivity contribution in [1.29, 1.82) is 0 Å². The molecule has 2 aromatic heterocycles. The van der Waals surface area contributed by atoms with Gasteiger partial charge in [-0.2, -0.15) is 0 Å². The molecular weight excluding hydrogens is 238 g/mol. The molecule has 6 nitrogen and oxygen atoms in total. The van der Waals surface area contributed by atoms with Crippen molar-refractivity contribution in [2.24, 2.45) is 7.05 Å². The van der Waals surface area contributed by atoms with Gasteiger partial charge in [0.1, 0.15) is 5.03 Å². The monoisotopic (exact) mass is 244 g/mol. The van der Waals surface area contributed by atoms with Crippen LogP contribution >= 0.6 is 11.8 Å². The maximum Gasteiger partial charge on any atom is 0.215 e. The number of halogens is 2. The van der Waals surface area contributed by atoms with Crippen LogP contribution in [-0.4, -0.2) is 25.2 Å². The van der Waals surface area contributed by atoms with Gasteiger partial charge in [0, 0.05) is 13.1 Å². The molecule has 2 N–H and O–H groups in total. The lowest BCUT2D eigenvalue weighted by molar-refractivity contribution is 0.551. The van der Waals surface area contributed by atoms with Crippen molar-refractivity contribution in [3.8, 4) is 0 Å². The van der Waals surface area contributed by atoms with Crippen LogP contribution in [0.15, 0.2) is 16.2 Å². The van der Waals surface area contributed by atoms with Gasteiger partial charge in [-0.05, 0) is 22.2 Å². The number of aromatic nitrogens is 5. The van der Waals surface area contributed by atoms with E-state index in [9.17, 15) is 8.78 Å². The van der Waals surface area contributed by atoms with Crippen LogP contribution in [0.25, 0.3) is 0 Å². The Labute approximate surface area is 92.9 Å². The summed E-state index contributed by atoms with van der Waals surface area (Å²) in [5, 5.41) is 10.8. The van der Waals surface area contributed by atoms with E-state index < -0.39 is 11.6 Å². The van der Waals surface area contributed by atoms with Gasteiger partial charge in [0.15, 0.2) is 17.5 Å². The highest BCUT2D eigenvalue weighted by molar-refractivity contribution is 7.99. The van der Waals surface area contributed by atoms with Gasteiger partial charge < -0.3 is 5.73 Å². The van der Waals surface area contributed by atoms with Gasteiger partial charge in [0.2, 0.25) is 5.16 Å². The van der Waals surface area contributed by atoms with E-state index in [2.05, 4.69) is 20.5 Å². The molecule has 16 heavy (non-hydrogen) atoms. The molecule has 0 saturated carbocycles. The van der Waals surface area contributed by atoms with Gasteiger partial charge in [-0.25, -0.2) is 18.4 Å². The summed E-state index contributed by atoms with van der Waals surface area (Å²) in [6.07, 6.45) is 0. The molecule has 0 fully saturated rings. The molecule has 0 atom stereocenters. The van der Waals surface area contributed by atoms with Crippen molar-refractivity contribution in [3.63, 3.8) is 0 Å². The highest BCUT2D eigenvalue weighted by Gasteiger charge is 2.14. The molecule has 0 bridgehead atoms. The van der Waals surface area contributed by atoms with Crippen LogP contribution in [0.1, 0.15) is 0 Å². The zero-order chi connectivity index (χ0) is 11.7. The normalized spacial score (nSPS) is 10.7. The molecule has 0 aliphatic carbocycles. The third kappa shape index (κ3) is 1.94. The van der Waals surface area contributed by atoms with Gasteiger partial charge in [-0.1, -0.05) is 0 Å². The van der Waals surface area contributed by atoms with Gasteiger partial charge in [0.05, 0.1) is 0 Å². The van der Waals surface area contributed by atoms with Gasteiger partial charge in [0.25, 0.3) is 0 Å². The number of nitrogen functional groups attached to an aromatic ring is 1. The molecule has 2 heterocycles. The SMILES string of the molecule is Cn1nnnc1Sc1nc(N)c(F)cc1F. The van der Waals surface area contributed by atoms with Crippen LogP contribution in [0.4, 0.5) is 14.6 Å². The molecule has 0 aromatic carbocycles. The standard InChI is InChI=1S/C7H6F2N6S/c1-15-7(12-13-14-15)16-6-4(9)2-3(8)5(10)11-6/h2H,1H3,(H2,10,11). The first kappa shape index (κ1) is 10.7. The highest BCUT2D eigenvalue weighted by atomic mass is 32.2. The Morgan fingerprint density at radius 1 is 1.38 bits per heavy atom. The second-order valence-corrected chi connectivity index (χ2v) is 3.79. The van der Waals surface area contributed by atoms with E-state index in [0.717, 1.165) is 11.8 Å². The molecule has 84 valence electrons. The minimum Gasteiger partial charge on any atom is -0.381 e. The smallest absolute Gasteiger partial charge is 0.215 e. The first-order valence-corrected chi connectivity index (χ1v) is 4.91. The number of anilines is 1. The molecule has 0 unspecified atom stereocenters. The van der Waals surface area contributed by atoms with Crippen molar-refractivity contribution < 1.29 is 8.78 Å². The molecule has 2 rings (SSSR count). The zero-order valence-electron chi connectivity index (χ0n) is 8.05. The minimum atomic E-state index is -0.891. The molecule has 2 aromatic rings. The van der Waals surface area contributed by atoms with E-state index in [0.29, 0.717) is 11.2 Å². The number of hydrogen-bond acceptors (Lipinski definition) is 6. The number of tetrazole rings is 1. The lowest BCUT2D eigenvalue weighted by atomic mass is 10.4. The average Bonchev–Trinajstić information content (AvgIpc) is 2.61. The van der Waals surface area contributed by atoms with Crippen LogP contribution in [0.2, 0.25) is 0 Å². The molecule has 0 saturated heterocycles. The molecule has 0 radical (unpaired) electrons. The lowest BCUT2D eigenvalue weighted by Gasteiger charge is -2.02. The summed E-state index contributed by atoms with van der Waals surface area (Å²) in [5.74, 6) is -2.06. The number of nitrogens with zero attached hydrogens (tertiary/aromatic N) is 5. The Bertz CT molecular complexity index is 528. The number of pyridine rings is 1. The fourth-order valence-electron chi connectivity index (χ4n) is 0.929. The molecular formula is C7H6F2N6S. The first-order valence-electron chi connectivity index (χ1n) is 4.09. The Balaban J connectivity index is 2.35. The summed E-state index contributed by atoms with van der Waals surface area (Å²) in [7, 11) is 1.59. The minimum absolute atomic E-state index is 0.0724. The van der Waals surface area contributed by atoms with Gasteiger partial charge >= 0.3 is 0 Å². The Morgan fingerprint density at radius 3 is 2.75 bits per heavy atom. The van der Waals surface area contributed by atoms with E-state index in [1.54, 1.807) is 7.05 Å². The molecule has 9 heteroatoms. The number of hydrogen-bond donors (Lipinski definition) is 1. The predicted molar refractivity (Wildman–Crippen MR) is 51.5 cm³/mol. The lowest BCUT2D eigenvalue weighted by Crippen LogP contribution is -2.00. The maximum absolute atomic E-state index is 13.3. The first-order chi connectivity index (χ1) is 7.58. The largest absolute Gasteiger partial charge is 0.381 e. The third-order valence-electron chi connectivity index (χ3n) is 1.69. The van der Waals surface area contributed by atoms with Crippen molar-refractivity contribution >= 4 is 17.6 Å². The Kier molecular flexibility index (Phi) is 2.69. The highest BCUT2D eigenvalue weighted by Crippen LogP contribution is 2.27. The summed E-state index contributed by atoms with van der Waals surface area (Å²) in [6.45, 7) is 0. The molecule has 0 amide bonds. The molecule has 0 aliphatic rings. The molecule has 0 spiro atoms. The summed E-state index contributed by atoms with van der Waals surface area (Å²) < 4.78 is 27.5. The Morgan fingerprint density at radius 2 is 2.12 bits per heavy atom. The van der Waals surface area contributed by atoms with Gasteiger partial charge in [-0.3, -0.25) is 0 Å². The van der Waals surface area contributed by atoms with E-state index >= 15 is 0 Å². The van der Waals surface area contributed by atoms with Crippen LogP contribution in [0, 0.1) is 11.6 Å². The quantitative estimate of drug-likeness (QED) is 0.833. The van der Waals surface area contributed by atoms with Crippen LogP contribution in [-0.2, 0) is 7.05 Å². The van der Waals surface area contributed by atoms with E-state index in [1.165, 1.54) is 4.68 Å². The number of nitrogens with two attached hydrogens (primary N) is 1. The number of aryl methyl sites for hydroxylation is 1. The fourth-order valence-corrected chi connectivity index (χ4v) is 1.65. The summed E-state index contributed by atoms with van der Waals surface area (Å²) in [5.41, 5.74) is 5.23. The summed E-state index contributed by atoms with van der Waals surface area (Å²) in [4.78, 5) is 3.57. The second kappa shape index (κ2) is 4.00. The van der Waals surface area contributed by atoms with E-state index in [1.807, 2.05) is 0 Å². The van der Waals surface area contributed by atoms with Gasteiger partial charge in [-0.15, -0.1) is 5.10 Å². The van der Waals surface area contributed by atoms with Crippen LogP contribution in [0.5, 0.6) is 0 Å². The second-order valence-electron chi connectivity index (χ2n) is 2.83. The molecule has 0 aliphatic heterocycles. The Hall–Kier alpha value is -1.77. The van der Waals surface area contributed by atoms with E-state index in [-0.39, 0.29) is 10.8 Å². The zero-order valence-corrected chi connectivity index (χ0v) is 8.87. The summed E-state index contributed by atoms with van der Waals surface area (Å²) >= 11 is 0.864. The van der Waals surface area contributed by atoms with Crippen LogP contribution < -0.4 is 5.73 Å². The number of rotatable bonds is 2. The van der Waals surface area contributed by atoms with Crippen LogP contribution in [0.3, 0.4) is 0 Å². The fraction of sp³-hybridized carbons (Fsp3) is 0.143. The predicted octanol–water partition coefficient (Wildman–Crippen LogP) is 0.617. The van der Waals surface area contributed by atoms with Crippen molar-refractivity contribution in [2.75, 3.05) is 5.73 Å². The van der Waals surface area contributed by atoms with Crippen molar-refractivity contribution in [2.45, 2.75) is 10.2 Å². The van der Waals surface area contributed by atoms with Crippen molar-refractivity contribution in [3.05, 3.63) is 17.7 Å². The van der Waals surface area contributed by atoms with Crippen molar-refractivity contribution in [1.82, 2.24) is 25.2 Å². The third-order valence-corrected chi connectivity index (χ3v) is 2.70. The summed E-state index contributed by atoms with van der Waals surface area (Å²) in [6, 6.07) is 0.675. The maximum atomic E-state index is 13.3. The average molecular weight is 244 g/mol.